The molecule has 0 aliphatic carbocycles. The van der Waals surface area contributed by atoms with E-state index < -0.39 is 0 Å². The smallest absolute Gasteiger partial charge is 0.279 e. The van der Waals surface area contributed by atoms with E-state index >= 15 is 0 Å². The average Bonchev–Trinajstić information content (AvgIpc) is 3.11. The number of hydrogen-bond donors (Lipinski definition) is 1. The maximum atomic E-state index is 11.9. The fraction of sp³-hybridized carbons (Fsp3) is 0. The first-order chi connectivity index (χ1) is 9.33. The molecule has 3 heterocycles. The average molecular weight is 271 g/mol. The van der Waals surface area contributed by atoms with Gasteiger partial charge in [0.05, 0.1) is 4.88 Å². The highest BCUT2D eigenvalue weighted by molar-refractivity contribution is 7.13. The van der Waals surface area contributed by atoms with E-state index in [-0.39, 0.29) is 11.6 Å². The molecule has 0 bridgehead atoms. The van der Waals surface area contributed by atoms with Crippen LogP contribution in [-0.2, 0) is 0 Å². The summed E-state index contributed by atoms with van der Waals surface area (Å²) in [6, 6.07) is 10.7. The lowest BCUT2D eigenvalue weighted by Gasteiger charge is -1.99. The van der Waals surface area contributed by atoms with E-state index in [0.29, 0.717) is 11.6 Å². The Morgan fingerprint density at radius 3 is 2.95 bits per heavy atom. The molecule has 0 spiro atoms. The number of hydrogen-bond acceptors (Lipinski definition) is 5. The molecule has 0 aliphatic rings. The SMILES string of the molecule is O=C(Nc1ccccn1)c1cc(-c2cccs2)on1. The topological polar surface area (TPSA) is 68.0 Å². The van der Waals surface area contributed by atoms with Crippen LogP contribution in [0.5, 0.6) is 0 Å². The van der Waals surface area contributed by atoms with Crippen LogP contribution in [0.3, 0.4) is 0 Å². The zero-order valence-corrected chi connectivity index (χ0v) is 10.6. The second-order valence-corrected chi connectivity index (χ2v) is 4.67. The van der Waals surface area contributed by atoms with E-state index in [1.807, 2.05) is 17.5 Å². The van der Waals surface area contributed by atoms with Crippen LogP contribution in [0, 0.1) is 0 Å². The number of amides is 1. The Labute approximate surface area is 112 Å². The van der Waals surface area contributed by atoms with Gasteiger partial charge in [-0.1, -0.05) is 17.3 Å². The summed E-state index contributed by atoms with van der Waals surface area (Å²) >= 11 is 1.53. The molecule has 3 aromatic rings. The number of carbonyl (C=O) groups excluding carboxylic acids is 1. The highest BCUT2D eigenvalue weighted by Crippen LogP contribution is 2.25. The third-order valence-corrected chi connectivity index (χ3v) is 3.30. The molecule has 0 fully saturated rings. The number of nitrogens with zero attached hydrogens (tertiary/aromatic N) is 2. The van der Waals surface area contributed by atoms with Crippen LogP contribution in [0.4, 0.5) is 5.82 Å². The molecule has 1 amide bonds. The summed E-state index contributed by atoms with van der Waals surface area (Å²) in [4.78, 5) is 16.9. The van der Waals surface area contributed by atoms with Crippen molar-refractivity contribution in [2.45, 2.75) is 0 Å². The van der Waals surface area contributed by atoms with E-state index in [1.165, 1.54) is 11.3 Å². The Bertz CT molecular complexity index is 677. The van der Waals surface area contributed by atoms with Crippen LogP contribution in [0.15, 0.2) is 52.5 Å². The predicted molar refractivity (Wildman–Crippen MR) is 72.0 cm³/mol. The summed E-state index contributed by atoms with van der Waals surface area (Å²) in [5.74, 6) is 0.722. The Morgan fingerprint density at radius 2 is 2.21 bits per heavy atom. The molecule has 6 heteroatoms. The van der Waals surface area contributed by atoms with E-state index in [0.717, 1.165) is 4.88 Å². The van der Waals surface area contributed by atoms with E-state index in [4.69, 9.17) is 4.52 Å². The maximum Gasteiger partial charge on any atom is 0.279 e. The Morgan fingerprint density at radius 1 is 1.26 bits per heavy atom. The number of rotatable bonds is 3. The van der Waals surface area contributed by atoms with Crippen molar-refractivity contribution in [1.29, 1.82) is 0 Å². The largest absolute Gasteiger partial charge is 0.355 e. The predicted octanol–water partition coefficient (Wildman–Crippen LogP) is 3.05. The molecule has 0 aliphatic heterocycles. The van der Waals surface area contributed by atoms with Gasteiger partial charge in [0.2, 0.25) is 0 Å². The summed E-state index contributed by atoms with van der Waals surface area (Å²) in [6.07, 6.45) is 1.61. The van der Waals surface area contributed by atoms with Gasteiger partial charge in [-0.2, -0.15) is 0 Å². The Balaban J connectivity index is 1.78. The summed E-state index contributed by atoms with van der Waals surface area (Å²) in [6.45, 7) is 0. The monoisotopic (exact) mass is 271 g/mol. The molecular weight excluding hydrogens is 262 g/mol. The van der Waals surface area contributed by atoms with Crippen LogP contribution in [0.25, 0.3) is 10.6 Å². The zero-order valence-electron chi connectivity index (χ0n) is 9.74. The van der Waals surface area contributed by atoms with Gasteiger partial charge in [-0.25, -0.2) is 4.98 Å². The van der Waals surface area contributed by atoms with Crippen LogP contribution >= 0.6 is 11.3 Å². The van der Waals surface area contributed by atoms with Crippen molar-refractivity contribution in [2.75, 3.05) is 5.32 Å². The summed E-state index contributed by atoms with van der Waals surface area (Å²) < 4.78 is 5.15. The number of nitrogens with one attached hydrogen (secondary N) is 1. The lowest BCUT2D eigenvalue weighted by atomic mass is 10.3. The highest BCUT2D eigenvalue weighted by Gasteiger charge is 2.14. The highest BCUT2D eigenvalue weighted by atomic mass is 32.1. The molecule has 1 N–H and O–H groups in total. The third-order valence-electron chi connectivity index (χ3n) is 2.41. The molecule has 0 atom stereocenters. The molecule has 5 nitrogen and oxygen atoms in total. The van der Waals surface area contributed by atoms with Crippen molar-refractivity contribution in [3.05, 3.63) is 53.7 Å². The Kier molecular flexibility index (Phi) is 3.07. The second kappa shape index (κ2) is 5.03. The summed E-state index contributed by atoms with van der Waals surface area (Å²) in [5.41, 5.74) is 0.231. The van der Waals surface area contributed by atoms with Gasteiger partial charge in [-0.15, -0.1) is 11.3 Å². The maximum absolute atomic E-state index is 11.9. The van der Waals surface area contributed by atoms with Crippen molar-refractivity contribution in [2.24, 2.45) is 0 Å². The lowest BCUT2D eigenvalue weighted by Crippen LogP contribution is -2.12. The van der Waals surface area contributed by atoms with Gasteiger partial charge in [-0.3, -0.25) is 4.79 Å². The molecule has 0 aromatic carbocycles. The van der Waals surface area contributed by atoms with Crippen LogP contribution in [-0.4, -0.2) is 16.0 Å². The first kappa shape index (κ1) is 11.6. The van der Waals surface area contributed by atoms with Crippen LogP contribution < -0.4 is 5.32 Å². The van der Waals surface area contributed by atoms with Crippen LogP contribution in [0.2, 0.25) is 0 Å². The van der Waals surface area contributed by atoms with Crippen molar-refractivity contribution in [1.82, 2.24) is 10.1 Å². The molecule has 94 valence electrons. The van der Waals surface area contributed by atoms with Gasteiger partial charge in [0.15, 0.2) is 11.5 Å². The van der Waals surface area contributed by atoms with Gasteiger partial charge in [-0.05, 0) is 23.6 Å². The molecule has 3 rings (SSSR count). The fourth-order valence-electron chi connectivity index (χ4n) is 1.53. The Hall–Kier alpha value is -2.47. The van der Waals surface area contributed by atoms with Crippen molar-refractivity contribution in [3.63, 3.8) is 0 Å². The third kappa shape index (κ3) is 2.53. The minimum absolute atomic E-state index is 0.231. The number of pyridine rings is 1. The fourth-order valence-corrected chi connectivity index (χ4v) is 2.21. The number of thiophene rings is 1. The number of anilines is 1. The van der Waals surface area contributed by atoms with Crippen molar-refractivity contribution >= 4 is 23.1 Å². The van der Waals surface area contributed by atoms with Gasteiger partial charge < -0.3 is 9.84 Å². The van der Waals surface area contributed by atoms with Gasteiger partial charge in [0, 0.05) is 12.3 Å². The molecule has 19 heavy (non-hydrogen) atoms. The molecule has 0 unspecified atom stereocenters. The molecular formula is C13H9N3O2S. The number of aromatic nitrogens is 2. The van der Waals surface area contributed by atoms with Gasteiger partial charge >= 0.3 is 0 Å². The van der Waals surface area contributed by atoms with Crippen molar-refractivity contribution < 1.29 is 9.32 Å². The van der Waals surface area contributed by atoms with E-state index in [2.05, 4.69) is 15.5 Å². The number of carbonyl (C=O) groups is 1. The molecule has 0 saturated carbocycles. The second-order valence-electron chi connectivity index (χ2n) is 3.72. The summed E-state index contributed by atoms with van der Waals surface area (Å²) in [7, 11) is 0. The molecule has 0 radical (unpaired) electrons. The van der Waals surface area contributed by atoms with Gasteiger partial charge in [0.25, 0.3) is 5.91 Å². The molecule has 3 aromatic heterocycles. The minimum atomic E-state index is -0.342. The standard InChI is InChI=1S/C13H9N3O2S/c17-13(15-12-5-1-2-6-14-12)9-8-10(18-16-9)11-4-3-7-19-11/h1-8H,(H,14,15,17). The first-order valence-electron chi connectivity index (χ1n) is 5.56. The minimum Gasteiger partial charge on any atom is -0.355 e. The van der Waals surface area contributed by atoms with Crippen molar-refractivity contribution in [3.8, 4) is 10.6 Å². The van der Waals surface area contributed by atoms with Gasteiger partial charge in [0.1, 0.15) is 5.82 Å². The summed E-state index contributed by atoms with van der Waals surface area (Å²) in [5, 5.41) is 8.34. The lowest BCUT2D eigenvalue weighted by molar-refractivity contribution is 0.101. The normalized spacial score (nSPS) is 10.3. The van der Waals surface area contributed by atoms with Crippen LogP contribution in [0.1, 0.15) is 10.5 Å². The van der Waals surface area contributed by atoms with E-state index in [1.54, 1.807) is 30.5 Å². The van der Waals surface area contributed by atoms with E-state index in [9.17, 15) is 4.79 Å². The molecule has 0 saturated heterocycles. The zero-order chi connectivity index (χ0) is 13.1. The first-order valence-corrected chi connectivity index (χ1v) is 6.44. The quantitative estimate of drug-likeness (QED) is 0.795.